The summed E-state index contributed by atoms with van der Waals surface area (Å²) in [6.45, 7) is 11.4. The van der Waals surface area contributed by atoms with Gasteiger partial charge in [0.2, 0.25) is 0 Å². The van der Waals surface area contributed by atoms with Gasteiger partial charge in [-0.2, -0.15) is 0 Å². The van der Waals surface area contributed by atoms with Crippen LogP contribution in [-0.4, -0.2) is 22.1 Å². The Bertz CT molecular complexity index is 376. The lowest BCUT2D eigenvalue weighted by Crippen LogP contribution is -2.43. The fourth-order valence-corrected chi connectivity index (χ4v) is 2.15. The van der Waals surface area contributed by atoms with Crippen molar-refractivity contribution in [2.24, 2.45) is 11.7 Å². The van der Waals surface area contributed by atoms with E-state index >= 15 is 0 Å². The van der Waals surface area contributed by atoms with Crippen LogP contribution in [0.1, 0.15) is 52.7 Å². The molecular weight excluding hydrogens is 224 g/mol. The predicted molar refractivity (Wildman–Crippen MR) is 76.7 cm³/mol. The van der Waals surface area contributed by atoms with Crippen LogP contribution in [0, 0.1) is 5.92 Å². The second-order valence-electron chi connectivity index (χ2n) is 5.97. The lowest BCUT2D eigenvalue weighted by Gasteiger charge is -2.31. The SMILES string of the molecule is CC(C)CC(C)(CN)Nc1cc(C(C)C)ncn1. The Morgan fingerprint density at radius 3 is 2.44 bits per heavy atom. The van der Waals surface area contributed by atoms with Gasteiger partial charge in [-0.1, -0.05) is 27.7 Å². The van der Waals surface area contributed by atoms with Crippen LogP contribution in [0.5, 0.6) is 0 Å². The first kappa shape index (κ1) is 14.9. The molecule has 0 radical (unpaired) electrons. The molecule has 0 aliphatic rings. The maximum atomic E-state index is 5.90. The van der Waals surface area contributed by atoms with Crippen molar-refractivity contribution in [1.82, 2.24) is 9.97 Å². The van der Waals surface area contributed by atoms with E-state index in [1.54, 1.807) is 6.33 Å². The molecule has 1 aromatic heterocycles. The number of nitrogens with two attached hydrogens (primary N) is 1. The molecule has 102 valence electrons. The molecule has 0 spiro atoms. The molecule has 0 saturated carbocycles. The van der Waals surface area contributed by atoms with Crippen molar-refractivity contribution >= 4 is 5.82 Å². The minimum Gasteiger partial charge on any atom is -0.364 e. The smallest absolute Gasteiger partial charge is 0.130 e. The molecule has 1 atom stereocenters. The van der Waals surface area contributed by atoms with Gasteiger partial charge in [0.15, 0.2) is 0 Å². The minimum absolute atomic E-state index is 0.114. The van der Waals surface area contributed by atoms with E-state index < -0.39 is 0 Å². The van der Waals surface area contributed by atoms with Gasteiger partial charge in [0, 0.05) is 23.8 Å². The van der Waals surface area contributed by atoms with Gasteiger partial charge in [0.05, 0.1) is 0 Å². The summed E-state index contributed by atoms with van der Waals surface area (Å²) >= 11 is 0. The van der Waals surface area contributed by atoms with Gasteiger partial charge in [-0.05, 0) is 25.2 Å². The first-order valence-electron chi connectivity index (χ1n) is 6.66. The summed E-state index contributed by atoms with van der Waals surface area (Å²) in [5, 5.41) is 3.46. The van der Waals surface area contributed by atoms with Crippen molar-refractivity contribution in [3.63, 3.8) is 0 Å². The number of anilines is 1. The van der Waals surface area contributed by atoms with E-state index in [2.05, 4.69) is 49.9 Å². The van der Waals surface area contributed by atoms with Gasteiger partial charge in [0.1, 0.15) is 12.1 Å². The second kappa shape index (κ2) is 6.14. The fourth-order valence-electron chi connectivity index (χ4n) is 2.15. The highest BCUT2D eigenvalue weighted by Crippen LogP contribution is 2.22. The normalized spacial score (nSPS) is 14.9. The summed E-state index contributed by atoms with van der Waals surface area (Å²) in [6, 6.07) is 2.01. The first-order valence-corrected chi connectivity index (χ1v) is 6.66. The average molecular weight is 250 g/mol. The van der Waals surface area contributed by atoms with E-state index in [-0.39, 0.29) is 5.54 Å². The molecule has 1 heterocycles. The number of rotatable bonds is 6. The minimum atomic E-state index is -0.114. The molecular formula is C14H26N4. The number of hydrogen-bond acceptors (Lipinski definition) is 4. The van der Waals surface area contributed by atoms with Crippen LogP contribution in [0.3, 0.4) is 0 Å². The quantitative estimate of drug-likeness (QED) is 0.815. The molecule has 0 aliphatic carbocycles. The summed E-state index contributed by atoms with van der Waals surface area (Å²) in [4.78, 5) is 8.56. The van der Waals surface area contributed by atoms with Crippen molar-refractivity contribution in [3.05, 3.63) is 18.1 Å². The van der Waals surface area contributed by atoms with Gasteiger partial charge in [-0.25, -0.2) is 9.97 Å². The third-order valence-corrected chi connectivity index (χ3v) is 3.02. The molecule has 18 heavy (non-hydrogen) atoms. The molecule has 3 N–H and O–H groups in total. The average Bonchev–Trinajstić information content (AvgIpc) is 2.28. The maximum absolute atomic E-state index is 5.90. The summed E-state index contributed by atoms with van der Waals surface area (Å²) in [6.07, 6.45) is 2.63. The van der Waals surface area contributed by atoms with Gasteiger partial charge < -0.3 is 11.1 Å². The molecule has 4 nitrogen and oxygen atoms in total. The Kier molecular flexibility index (Phi) is 5.08. The zero-order valence-electron chi connectivity index (χ0n) is 12.2. The van der Waals surface area contributed by atoms with E-state index in [9.17, 15) is 0 Å². The lowest BCUT2D eigenvalue weighted by molar-refractivity contribution is 0.406. The zero-order valence-corrected chi connectivity index (χ0v) is 12.2. The zero-order chi connectivity index (χ0) is 13.8. The Labute approximate surface area is 110 Å². The van der Waals surface area contributed by atoms with Crippen molar-refractivity contribution in [2.45, 2.75) is 52.5 Å². The van der Waals surface area contributed by atoms with Crippen LogP contribution in [0.15, 0.2) is 12.4 Å². The molecule has 1 aromatic rings. The van der Waals surface area contributed by atoms with Crippen LogP contribution >= 0.6 is 0 Å². The second-order valence-corrected chi connectivity index (χ2v) is 5.97. The lowest BCUT2D eigenvalue weighted by atomic mass is 9.91. The Morgan fingerprint density at radius 1 is 1.28 bits per heavy atom. The topological polar surface area (TPSA) is 63.8 Å². The van der Waals surface area contributed by atoms with Gasteiger partial charge in [0.25, 0.3) is 0 Å². The molecule has 0 bridgehead atoms. The Morgan fingerprint density at radius 2 is 1.94 bits per heavy atom. The number of nitrogens with one attached hydrogen (secondary N) is 1. The largest absolute Gasteiger partial charge is 0.364 e. The Hall–Kier alpha value is -1.16. The van der Waals surface area contributed by atoms with Crippen molar-refractivity contribution < 1.29 is 0 Å². The van der Waals surface area contributed by atoms with Crippen LogP contribution in [0.4, 0.5) is 5.82 Å². The summed E-state index contributed by atoms with van der Waals surface area (Å²) < 4.78 is 0. The molecule has 1 unspecified atom stereocenters. The third-order valence-electron chi connectivity index (χ3n) is 3.02. The summed E-state index contributed by atoms with van der Waals surface area (Å²) in [5.74, 6) is 1.86. The van der Waals surface area contributed by atoms with E-state index in [0.717, 1.165) is 17.9 Å². The van der Waals surface area contributed by atoms with Crippen LogP contribution in [-0.2, 0) is 0 Å². The Balaban J connectivity index is 2.84. The first-order chi connectivity index (χ1) is 8.36. The molecule has 0 saturated heterocycles. The van der Waals surface area contributed by atoms with Gasteiger partial charge in [-0.15, -0.1) is 0 Å². The van der Waals surface area contributed by atoms with Crippen molar-refractivity contribution in [2.75, 3.05) is 11.9 Å². The number of nitrogens with zero attached hydrogens (tertiary/aromatic N) is 2. The van der Waals surface area contributed by atoms with E-state index in [4.69, 9.17) is 5.73 Å². The van der Waals surface area contributed by atoms with Crippen LogP contribution in [0.2, 0.25) is 0 Å². The highest BCUT2D eigenvalue weighted by molar-refractivity contribution is 5.38. The highest BCUT2D eigenvalue weighted by atomic mass is 15.1. The molecule has 0 fully saturated rings. The van der Waals surface area contributed by atoms with Crippen LogP contribution < -0.4 is 11.1 Å². The summed E-state index contributed by atoms with van der Waals surface area (Å²) in [7, 11) is 0. The van der Waals surface area contributed by atoms with Crippen molar-refractivity contribution in [1.29, 1.82) is 0 Å². The fraction of sp³-hybridized carbons (Fsp3) is 0.714. The monoisotopic (exact) mass is 250 g/mol. The maximum Gasteiger partial charge on any atom is 0.130 e. The highest BCUT2D eigenvalue weighted by Gasteiger charge is 2.24. The molecule has 0 aromatic carbocycles. The molecule has 1 rings (SSSR count). The van der Waals surface area contributed by atoms with Crippen molar-refractivity contribution in [3.8, 4) is 0 Å². The van der Waals surface area contributed by atoms with E-state index in [0.29, 0.717) is 18.4 Å². The van der Waals surface area contributed by atoms with E-state index in [1.807, 2.05) is 6.07 Å². The third kappa shape index (κ3) is 4.26. The molecule has 4 heteroatoms. The van der Waals surface area contributed by atoms with Gasteiger partial charge >= 0.3 is 0 Å². The van der Waals surface area contributed by atoms with E-state index in [1.165, 1.54) is 0 Å². The standard InChI is InChI=1S/C14H26N4/c1-10(2)7-14(5,8-15)18-13-6-12(11(3)4)16-9-17-13/h6,9-11H,7-8,15H2,1-5H3,(H,16,17,18). The summed E-state index contributed by atoms with van der Waals surface area (Å²) in [5.41, 5.74) is 6.83. The van der Waals surface area contributed by atoms with Crippen LogP contribution in [0.25, 0.3) is 0 Å². The number of hydrogen-bond donors (Lipinski definition) is 2. The number of aromatic nitrogens is 2. The molecule has 0 aliphatic heterocycles. The van der Waals surface area contributed by atoms with Gasteiger partial charge in [-0.3, -0.25) is 0 Å². The predicted octanol–water partition coefficient (Wildman–Crippen LogP) is 2.78. The molecule has 0 amide bonds.